The molecule has 146 valence electrons. The van der Waals surface area contributed by atoms with Crippen molar-refractivity contribution in [2.45, 2.75) is 79.2 Å². The SMILES string of the molecule is CCCCCC(=O)Oc1ccc(NC(=O)OC(C)(C)C)c(CC(C)C)c1. The predicted molar refractivity (Wildman–Crippen MR) is 105 cm³/mol. The highest BCUT2D eigenvalue weighted by Crippen LogP contribution is 2.26. The van der Waals surface area contributed by atoms with Crippen LogP contribution in [0.15, 0.2) is 18.2 Å². The van der Waals surface area contributed by atoms with Crippen molar-refractivity contribution in [2.24, 2.45) is 5.92 Å². The molecule has 1 aromatic rings. The van der Waals surface area contributed by atoms with Crippen LogP contribution >= 0.6 is 0 Å². The van der Waals surface area contributed by atoms with E-state index in [2.05, 4.69) is 26.1 Å². The van der Waals surface area contributed by atoms with Gasteiger partial charge in [-0.1, -0.05) is 33.6 Å². The van der Waals surface area contributed by atoms with Gasteiger partial charge in [-0.15, -0.1) is 0 Å². The Morgan fingerprint density at radius 2 is 1.85 bits per heavy atom. The Balaban J connectivity index is 2.85. The molecule has 0 fully saturated rings. The van der Waals surface area contributed by atoms with Crippen molar-refractivity contribution in [3.63, 3.8) is 0 Å². The molecule has 26 heavy (non-hydrogen) atoms. The van der Waals surface area contributed by atoms with Crippen LogP contribution in [0, 0.1) is 5.92 Å². The van der Waals surface area contributed by atoms with Crippen molar-refractivity contribution in [1.29, 1.82) is 0 Å². The van der Waals surface area contributed by atoms with E-state index < -0.39 is 11.7 Å². The standard InChI is InChI=1S/C21H33NO4/c1-7-8-9-10-19(23)25-17-11-12-18(16(14-17)13-15(2)3)22-20(24)26-21(4,5)6/h11-12,14-15H,7-10,13H2,1-6H3,(H,22,24). The Labute approximate surface area is 157 Å². The lowest BCUT2D eigenvalue weighted by Crippen LogP contribution is -2.27. The van der Waals surface area contributed by atoms with E-state index >= 15 is 0 Å². The first kappa shape index (κ1) is 22.0. The number of unbranched alkanes of at least 4 members (excludes halogenated alkanes) is 2. The molecule has 1 amide bonds. The van der Waals surface area contributed by atoms with Crippen molar-refractivity contribution in [3.05, 3.63) is 23.8 Å². The number of carbonyl (C=O) groups excluding carboxylic acids is 2. The quantitative estimate of drug-likeness (QED) is 0.364. The summed E-state index contributed by atoms with van der Waals surface area (Å²) in [5.41, 5.74) is 1.04. The van der Waals surface area contributed by atoms with E-state index in [1.807, 2.05) is 26.8 Å². The maximum absolute atomic E-state index is 12.1. The number of amides is 1. The molecule has 0 saturated heterocycles. The minimum atomic E-state index is -0.559. The second-order valence-electron chi connectivity index (χ2n) is 7.97. The van der Waals surface area contributed by atoms with Crippen LogP contribution in [0.2, 0.25) is 0 Å². The highest BCUT2D eigenvalue weighted by atomic mass is 16.6. The summed E-state index contributed by atoms with van der Waals surface area (Å²) in [5.74, 6) is 0.684. The molecule has 0 aliphatic rings. The van der Waals surface area contributed by atoms with Crippen LogP contribution < -0.4 is 10.1 Å². The molecule has 0 bridgehead atoms. The molecule has 0 heterocycles. The van der Waals surface area contributed by atoms with Gasteiger partial charge in [-0.2, -0.15) is 0 Å². The molecule has 0 radical (unpaired) electrons. The van der Waals surface area contributed by atoms with Gasteiger partial charge in [0.2, 0.25) is 0 Å². The fraction of sp³-hybridized carbons (Fsp3) is 0.619. The highest BCUT2D eigenvalue weighted by Gasteiger charge is 2.18. The van der Waals surface area contributed by atoms with Crippen LogP contribution in [0.1, 0.15) is 72.8 Å². The number of hydrogen-bond donors (Lipinski definition) is 1. The summed E-state index contributed by atoms with van der Waals surface area (Å²) in [6.07, 6.45) is 3.61. The number of esters is 1. The first-order chi connectivity index (χ1) is 12.1. The maximum Gasteiger partial charge on any atom is 0.412 e. The normalized spacial score (nSPS) is 11.3. The number of hydrogen-bond acceptors (Lipinski definition) is 4. The van der Waals surface area contributed by atoms with E-state index in [0.29, 0.717) is 23.8 Å². The Hall–Kier alpha value is -2.04. The number of benzene rings is 1. The third-order valence-corrected chi connectivity index (χ3v) is 3.56. The van der Waals surface area contributed by atoms with Gasteiger partial charge in [0.1, 0.15) is 11.4 Å². The van der Waals surface area contributed by atoms with Crippen molar-refractivity contribution in [3.8, 4) is 5.75 Å². The van der Waals surface area contributed by atoms with Crippen LogP contribution in [0.5, 0.6) is 5.75 Å². The summed E-state index contributed by atoms with van der Waals surface area (Å²) in [6.45, 7) is 11.8. The van der Waals surface area contributed by atoms with Gasteiger partial charge in [0.15, 0.2) is 0 Å². The van der Waals surface area contributed by atoms with E-state index in [-0.39, 0.29) is 5.97 Å². The zero-order valence-corrected chi connectivity index (χ0v) is 17.0. The van der Waals surface area contributed by atoms with Crippen LogP contribution in [-0.4, -0.2) is 17.7 Å². The largest absolute Gasteiger partial charge is 0.444 e. The Morgan fingerprint density at radius 3 is 2.42 bits per heavy atom. The number of ether oxygens (including phenoxy) is 2. The number of carbonyl (C=O) groups is 2. The predicted octanol–water partition coefficient (Wildman–Crippen LogP) is 5.72. The summed E-state index contributed by atoms with van der Waals surface area (Å²) in [4.78, 5) is 24.0. The number of rotatable bonds is 8. The first-order valence-corrected chi connectivity index (χ1v) is 9.44. The number of anilines is 1. The molecule has 5 heteroatoms. The van der Waals surface area contributed by atoms with Gasteiger partial charge < -0.3 is 9.47 Å². The molecule has 1 rings (SSSR count). The van der Waals surface area contributed by atoms with Crippen molar-refractivity contribution < 1.29 is 19.1 Å². The molecule has 5 nitrogen and oxygen atoms in total. The van der Waals surface area contributed by atoms with Gasteiger partial charge in [-0.25, -0.2) is 4.79 Å². The van der Waals surface area contributed by atoms with E-state index in [0.717, 1.165) is 31.2 Å². The second kappa shape index (κ2) is 10.2. The second-order valence-corrected chi connectivity index (χ2v) is 7.97. The maximum atomic E-state index is 12.1. The lowest BCUT2D eigenvalue weighted by atomic mass is 10.0. The van der Waals surface area contributed by atoms with Crippen LogP contribution in [0.3, 0.4) is 0 Å². The van der Waals surface area contributed by atoms with Crippen molar-refractivity contribution in [2.75, 3.05) is 5.32 Å². The Kier molecular flexibility index (Phi) is 8.62. The summed E-state index contributed by atoms with van der Waals surface area (Å²) in [7, 11) is 0. The minimum Gasteiger partial charge on any atom is -0.444 e. The van der Waals surface area contributed by atoms with Gasteiger partial charge >= 0.3 is 12.1 Å². The molecule has 0 aliphatic carbocycles. The monoisotopic (exact) mass is 363 g/mol. The Morgan fingerprint density at radius 1 is 1.15 bits per heavy atom. The number of nitrogens with one attached hydrogen (secondary N) is 1. The third-order valence-electron chi connectivity index (χ3n) is 3.56. The zero-order valence-electron chi connectivity index (χ0n) is 17.0. The van der Waals surface area contributed by atoms with E-state index in [1.165, 1.54) is 0 Å². The molecular formula is C21H33NO4. The van der Waals surface area contributed by atoms with Gasteiger partial charge in [-0.05, 0) is 63.3 Å². The minimum absolute atomic E-state index is 0.221. The van der Waals surface area contributed by atoms with Crippen LogP contribution in [0.25, 0.3) is 0 Å². The molecule has 1 aromatic carbocycles. The van der Waals surface area contributed by atoms with E-state index in [1.54, 1.807) is 12.1 Å². The molecular weight excluding hydrogens is 330 g/mol. The average molecular weight is 363 g/mol. The molecule has 0 spiro atoms. The average Bonchev–Trinajstić information content (AvgIpc) is 2.47. The first-order valence-electron chi connectivity index (χ1n) is 9.44. The van der Waals surface area contributed by atoms with Crippen molar-refractivity contribution in [1.82, 2.24) is 0 Å². The summed E-state index contributed by atoms with van der Waals surface area (Å²) < 4.78 is 10.8. The molecule has 0 aliphatic heterocycles. The molecule has 0 saturated carbocycles. The Bertz CT molecular complexity index is 603. The lowest BCUT2D eigenvalue weighted by molar-refractivity contribution is -0.134. The smallest absolute Gasteiger partial charge is 0.412 e. The fourth-order valence-corrected chi connectivity index (χ4v) is 2.48. The summed E-state index contributed by atoms with van der Waals surface area (Å²) in [5, 5.41) is 2.79. The highest BCUT2D eigenvalue weighted by molar-refractivity contribution is 5.86. The molecule has 1 N–H and O–H groups in total. The fourth-order valence-electron chi connectivity index (χ4n) is 2.48. The van der Waals surface area contributed by atoms with E-state index in [9.17, 15) is 9.59 Å². The van der Waals surface area contributed by atoms with Gasteiger partial charge in [0, 0.05) is 12.1 Å². The van der Waals surface area contributed by atoms with E-state index in [4.69, 9.17) is 9.47 Å². The topological polar surface area (TPSA) is 64.6 Å². The molecule has 0 aromatic heterocycles. The van der Waals surface area contributed by atoms with Gasteiger partial charge in [0.05, 0.1) is 0 Å². The third kappa shape index (κ3) is 8.88. The summed E-state index contributed by atoms with van der Waals surface area (Å²) >= 11 is 0. The lowest BCUT2D eigenvalue weighted by Gasteiger charge is -2.21. The molecule has 0 unspecified atom stereocenters. The zero-order chi connectivity index (χ0) is 19.7. The van der Waals surface area contributed by atoms with Crippen molar-refractivity contribution >= 4 is 17.7 Å². The van der Waals surface area contributed by atoms with Crippen LogP contribution in [0.4, 0.5) is 10.5 Å². The molecule has 0 atom stereocenters. The summed E-state index contributed by atoms with van der Waals surface area (Å²) in [6, 6.07) is 5.29. The van der Waals surface area contributed by atoms with Crippen LogP contribution in [-0.2, 0) is 16.0 Å². The van der Waals surface area contributed by atoms with Gasteiger partial charge in [-0.3, -0.25) is 10.1 Å². The van der Waals surface area contributed by atoms with Gasteiger partial charge in [0.25, 0.3) is 0 Å².